The molecule has 2 aromatic carbocycles. The molecule has 0 saturated carbocycles. The Hall–Kier alpha value is -3.67. The van der Waals surface area contributed by atoms with Crippen LogP contribution in [0.25, 0.3) is 0 Å². The van der Waals surface area contributed by atoms with Crippen molar-refractivity contribution in [2.45, 2.75) is 19.4 Å². The molecule has 0 aliphatic carbocycles. The van der Waals surface area contributed by atoms with E-state index < -0.39 is 0 Å². The van der Waals surface area contributed by atoms with E-state index in [4.69, 9.17) is 4.74 Å². The first-order valence-electron chi connectivity index (χ1n) is 10.7. The van der Waals surface area contributed by atoms with Gasteiger partial charge in [0.25, 0.3) is 5.91 Å². The molecule has 4 rings (SSSR count). The highest BCUT2D eigenvalue weighted by Crippen LogP contribution is 2.38. The highest BCUT2D eigenvalue weighted by molar-refractivity contribution is 5.95. The Morgan fingerprint density at radius 3 is 2.56 bits per heavy atom. The number of amides is 2. The van der Waals surface area contributed by atoms with E-state index in [2.05, 4.69) is 10.3 Å². The number of aryl methyl sites for hydroxylation is 1. The van der Waals surface area contributed by atoms with E-state index in [1.165, 1.54) is 0 Å². The number of ether oxygens (including phenoxy) is 1. The molecule has 1 aromatic heterocycles. The average Bonchev–Trinajstić information content (AvgIpc) is 3.28. The zero-order valence-electron chi connectivity index (χ0n) is 18.3. The summed E-state index contributed by atoms with van der Waals surface area (Å²) in [6, 6.07) is 19.0. The second kappa shape index (κ2) is 9.64. The van der Waals surface area contributed by atoms with E-state index in [0.717, 1.165) is 22.4 Å². The van der Waals surface area contributed by atoms with Gasteiger partial charge in [0.1, 0.15) is 5.75 Å². The number of hydrogen-bond donors (Lipinski definition) is 1. The SMILES string of the molecule is COc1ccccc1[C@H]1CN(C(=O)c2ccc(C)cc2)C[C@@H]1C(=O)NCc1cccnc1. The van der Waals surface area contributed by atoms with Gasteiger partial charge in [0.05, 0.1) is 13.0 Å². The minimum atomic E-state index is -0.377. The fraction of sp³-hybridized carbons (Fsp3) is 0.269. The zero-order chi connectivity index (χ0) is 22.5. The molecule has 0 radical (unpaired) electrons. The number of nitrogens with one attached hydrogen (secondary N) is 1. The van der Waals surface area contributed by atoms with Crippen LogP contribution in [-0.2, 0) is 11.3 Å². The molecule has 164 valence electrons. The van der Waals surface area contributed by atoms with Crippen LogP contribution in [0.15, 0.2) is 73.1 Å². The van der Waals surface area contributed by atoms with Gasteiger partial charge in [0.2, 0.25) is 5.91 Å². The van der Waals surface area contributed by atoms with Gasteiger partial charge in [-0.2, -0.15) is 0 Å². The molecule has 2 atom stereocenters. The van der Waals surface area contributed by atoms with Crippen molar-refractivity contribution in [3.8, 4) is 5.75 Å². The summed E-state index contributed by atoms with van der Waals surface area (Å²) >= 11 is 0. The lowest BCUT2D eigenvalue weighted by molar-refractivity contribution is -0.125. The Morgan fingerprint density at radius 1 is 1.06 bits per heavy atom. The highest BCUT2D eigenvalue weighted by atomic mass is 16.5. The number of rotatable bonds is 6. The maximum atomic E-state index is 13.2. The van der Waals surface area contributed by atoms with Crippen LogP contribution in [0.5, 0.6) is 5.75 Å². The Labute approximate surface area is 188 Å². The molecule has 2 heterocycles. The van der Waals surface area contributed by atoms with Crippen molar-refractivity contribution in [2.75, 3.05) is 20.2 Å². The van der Waals surface area contributed by atoms with Gasteiger partial charge in [-0.3, -0.25) is 14.6 Å². The summed E-state index contributed by atoms with van der Waals surface area (Å²) in [6.45, 7) is 3.20. The maximum Gasteiger partial charge on any atom is 0.253 e. The zero-order valence-corrected chi connectivity index (χ0v) is 18.3. The summed E-state index contributed by atoms with van der Waals surface area (Å²) in [6.07, 6.45) is 3.44. The molecular formula is C26H27N3O3. The summed E-state index contributed by atoms with van der Waals surface area (Å²) in [7, 11) is 1.63. The molecule has 0 spiro atoms. The van der Waals surface area contributed by atoms with E-state index in [1.807, 2.05) is 67.6 Å². The third kappa shape index (κ3) is 4.64. The molecule has 3 aromatic rings. The normalized spacial score (nSPS) is 17.8. The lowest BCUT2D eigenvalue weighted by Crippen LogP contribution is -2.35. The minimum absolute atomic E-state index is 0.0625. The molecule has 32 heavy (non-hydrogen) atoms. The number of carbonyl (C=O) groups is 2. The lowest BCUT2D eigenvalue weighted by Gasteiger charge is -2.20. The number of likely N-dealkylation sites (tertiary alicyclic amines) is 1. The number of pyridine rings is 1. The van der Waals surface area contributed by atoms with Crippen LogP contribution in [-0.4, -0.2) is 41.9 Å². The number of para-hydroxylation sites is 1. The molecule has 1 fully saturated rings. The van der Waals surface area contributed by atoms with Gasteiger partial charge in [0, 0.05) is 43.5 Å². The monoisotopic (exact) mass is 429 g/mol. The largest absolute Gasteiger partial charge is 0.496 e. The fourth-order valence-electron chi connectivity index (χ4n) is 4.22. The van der Waals surface area contributed by atoms with Gasteiger partial charge in [-0.15, -0.1) is 0 Å². The van der Waals surface area contributed by atoms with Crippen LogP contribution < -0.4 is 10.1 Å². The number of benzene rings is 2. The van der Waals surface area contributed by atoms with Gasteiger partial charge in [-0.1, -0.05) is 42.0 Å². The standard InChI is InChI=1S/C26H27N3O3/c1-18-9-11-20(12-10-18)26(31)29-16-22(21-7-3-4-8-24(21)32-2)23(17-29)25(30)28-15-19-6-5-13-27-14-19/h3-14,22-23H,15-17H2,1-2H3,(H,28,30)/t22-,23+/m1/s1. The smallest absolute Gasteiger partial charge is 0.253 e. The average molecular weight is 430 g/mol. The predicted molar refractivity (Wildman–Crippen MR) is 122 cm³/mol. The Kier molecular flexibility index (Phi) is 6.50. The van der Waals surface area contributed by atoms with Crippen molar-refractivity contribution in [1.82, 2.24) is 15.2 Å². The van der Waals surface area contributed by atoms with E-state index in [9.17, 15) is 9.59 Å². The Balaban J connectivity index is 1.58. The van der Waals surface area contributed by atoms with Crippen molar-refractivity contribution >= 4 is 11.8 Å². The second-order valence-corrected chi connectivity index (χ2v) is 8.11. The summed E-state index contributed by atoms with van der Waals surface area (Å²) in [5.74, 6) is 0.0513. The summed E-state index contributed by atoms with van der Waals surface area (Å²) in [5.41, 5.74) is 3.60. The summed E-state index contributed by atoms with van der Waals surface area (Å²) in [5, 5.41) is 3.03. The van der Waals surface area contributed by atoms with Crippen LogP contribution in [0.1, 0.15) is 33.0 Å². The molecule has 1 aliphatic heterocycles. The summed E-state index contributed by atoms with van der Waals surface area (Å²) < 4.78 is 5.57. The van der Waals surface area contributed by atoms with Crippen molar-refractivity contribution in [1.29, 1.82) is 0 Å². The molecule has 2 amide bonds. The third-order valence-electron chi connectivity index (χ3n) is 5.97. The maximum absolute atomic E-state index is 13.2. The number of aromatic nitrogens is 1. The quantitative estimate of drug-likeness (QED) is 0.650. The van der Waals surface area contributed by atoms with E-state index in [-0.39, 0.29) is 23.7 Å². The molecule has 1 N–H and O–H groups in total. The molecule has 6 heteroatoms. The fourth-order valence-corrected chi connectivity index (χ4v) is 4.22. The number of hydrogen-bond acceptors (Lipinski definition) is 4. The van der Waals surface area contributed by atoms with Gasteiger partial charge >= 0.3 is 0 Å². The molecule has 0 unspecified atom stereocenters. The number of carbonyl (C=O) groups excluding carboxylic acids is 2. The molecule has 1 saturated heterocycles. The van der Waals surface area contributed by atoms with Crippen LogP contribution >= 0.6 is 0 Å². The summed E-state index contributed by atoms with van der Waals surface area (Å²) in [4.78, 5) is 32.3. The first kappa shape index (κ1) is 21.6. The molecule has 0 bridgehead atoms. The third-order valence-corrected chi connectivity index (χ3v) is 5.97. The molecule has 6 nitrogen and oxygen atoms in total. The second-order valence-electron chi connectivity index (χ2n) is 8.11. The minimum Gasteiger partial charge on any atom is -0.496 e. The highest BCUT2D eigenvalue weighted by Gasteiger charge is 2.41. The van der Waals surface area contributed by atoms with E-state index in [1.54, 1.807) is 24.4 Å². The topological polar surface area (TPSA) is 71.5 Å². The van der Waals surface area contributed by atoms with Gasteiger partial charge in [-0.25, -0.2) is 0 Å². The Morgan fingerprint density at radius 2 is 1.84 bits per heavy atom. The predicted octanol–water partition coefficient (Wildman–Crippen LogP) is 3.57. The molecular weight excluding hydrogens is 402 g/mol. The van der Waals surface area contributed by atoms with E-state index >= 15 is 0 Å². The van der Waals surface area contributed by atoms with Gasteiger partial charge in [-0.05, 0) is 42.3 Å². The van der Waals surface area contributed by atoms with Crippen LogP contribution in [0.3, 0.4) is 0 Å². The Bertz CT molecular complexity index is 1080. The van der Waals surface area contributed by atoms with Crippen molar-refractivity contribution in [2.24, 2.45) is 5.92 Å². The van der Waals surface area contributed by atoms with Crippen LogP contribution in [0.2, 0.25) is 0 Å². The van der Waals surface area contributed by atoms with Crippen LogP contribution in [0, 0.1) is 12.8 Å². The molecule has 1 aliphatic rings. The number of methoxy groups -OCH3 is 1. The lowest BCUT2D eigenvalue weighted by atomic mass is 9.87. The van der Waals surface area contributed by atoms with Gasteiger partial charge < -0.3 is 15.0 Å². The van der Waals surface area contributed by atoms with Crippen molar-refractivity contribution < 1.29 is 14.3 Å². The first-order valence-corrected chi connectivity index (χ1v) is 10.7. The van der Waals surface area contributed by atoms with E-state index in [0.29, 0.717) is 25.2 Å². The first-order chi connectivity index (χ1) is 15.6. The number of nitrogens with zero attached hydrogens (tertiary/aromatic N) is 2. The van der Waals surface area contributed by atoms with Crippen LogP contribution in [0.4, 0.5) is 0 Å². The van der Waals surface area contributed by atoms with Crippen molar-refractivity contribution in [3.05, 3.63) is 95.3 Å². The van der Waals surface area contributed by atoms with Gasteiger partial charge in [0.15, 0.2) is 0 Å². The van der Waals surface area contributed by atoms with Crippen molar-refractivity contribution in [3.63, 3.8) is 0 Å².